The molecule has 2 aromatic carbocycles. The Hall–Kier alpha value is -2.38. The highest BCUT2D eigenvalue weighted by Gasteiger charge is 2.08. The van der Waals surface area contributed by atoms with Crippen LogP contribution in [0.25, 0.3) is 5.69 Å². The zero-order chi connectivity index (χ0) is 19.6. The fraction of sp³-hybridized carbons (Fsp3) is 0.100. The lowest BCUT2D eigenvalue weighted by Gasteiger charge is -2.10. The third-order valence-electron chi connectivity index (χ3n) is 4.08. The molecule has 0 aliphatic carbocycles. The van der Waals surface area contributed by atoms with Gasteiger partial charge in [0, 0.05) is 22.6 Å². The molecule has 7 heteroatoms. The molecule has 3 aromatic rings. The summed E-state index contributed by atoms with van der Waals surface area (Å²) in [5, 5.41) is 13.7. The van der Waals surface area contributed by atoms with Gasteiger partial charge in [-0.15, -0.1) is 0 Å². The molecule has 0 unspecified atom stereocenters. The first-order chi connectivity index (χ1) is 12.9. The van der Waals surface area contributed by atoms with Crippen molar-refractivity contribution in [1.29, 1.82) is 0 Å². The van der Waals surface area contributed by atoms with Gasteiger partial charge in [-0.2, -0.15) is 5.10 Å². The highest BCUT2D eigenvalue weighted by Crippen LogP contribution is 2.32. The van der Waals surface area contributed by atoms with Gasteiger partial charge in [-0.1, -0.05) is 0 Å². The van der Waals surface area contributed by atoms with E-state index < -0.39 is 0 Å². The Kier molecular flexibility index (Phi) is 5.82. The zero-order valence-corrected chi connectivity index (χ0v) is 17.9. The Morgan fingerprint density at radius 2 is 1.59 bits per heavy atom. The lowest BCUT2D eigenvalue weighted by atomic mass is 10.2. The van der Waals surface area contributed by atoms with Gasteiger partial charge >= 0.3 is 0 Å². The predicted molar refractivity (Wildman–Crippen MR) is 114 cm³/mol. The Bertz CT molecular complexity index is 982. The minimum Gasteiger partial charge on any atom is -0.506 e. The van der Waals surface area contributed by atoms with Gasteiger partial charge < -0.3 is 9.67 Å². The van der Waals surface area contributed by atoms with E-state index >= 15 is 0 Å². The second-order valence-corrected chi connectivity index (χ2v) is 7.74. The lowest BCUT2D eigenvalue weighted by molar-refractivity contribution is 0.0955. The average Bonchev–Trinajstić information content (AvgIpc) is 2.98. The summed E-state index contributed by atoms with van der Waals surface area (Å²) in [6, 6.07) is 14.9. The number of hydrogen-bond acceptors (Lipinski definition) is 3. The summed E-state index contributed by atoms with van der Waals surface area (Å²) in [5.74, 6) is -0.180. The number of carbonyl (C=O) groups is 1. The van der Waals surface area contributed by atoms with E-state index in [1.807, 2.05) is 26.0 Å². The van der Waals surface area contributed by atoms with Crippen molar-refractivity contribution < 1.29 is 9.90 Å². The van der Waals surface area contributed by atoms with Crippen LogP contribution in [0.1, 0.15) is 27.3 Å². The molecule has 138 valence electrons. The molecule has 27 heavy (non-hydrogen) atoms. The molecule has 0 aliphatic rings. The van der Waals surface area contributed by atoms with Gasteiger partial charge in [-0.05, 0) is 99.8 Å². The molecule has 0 aliphatic heterocycles. The molecule has 0 spiro atoms. The number of hydrogen-bond donors (Lipinski definition) is 2. The maximum atomic E-state index is 12.3. The average molecular weight is 491 g/mol. The normalized spacial score (nSPS) is 11.1. The topological polar surface area (TPSA) is 66.6 Å². The Labute approximate surface area is 174 Å². The van der Waals surface area contributed by atoms with E-state index in [9.17, 15) is 9.90 Å². The molecule has 0 saturated heterocycles. The van der Waals surface area contributed by atoms with Crippen molar-refractivity contribution in [3.8, 4) is 11.4 Å². The smallest absolute Gasteiger partial charge is 0.271 e. The Balaban J connectivity index is 1.70. The molecule has 1 heterocycles. The number of phenolic OH excluding ortho intramolecular Hbond substituents is 1. The Morgan fingerprint density at radius 1 is 1.04 bits per heavy atom. The van der Waals surface area contributed by atoms with Gasteiger partial charge in [-0.25, -0.2) is 5.43 Å². The SMILES string of the molecule is Cc1ccc(C)n1-c1ccc(C(=O)N/N=C/c2cc(Br)c(O)c(Br)c2)cc1. The van der Waals surface area contributed by atoms with Gasteiger partial charge in [0.2, 0.25) is 0 Å². The van der Waals surface area contributed by atoms with Crippen molar-refractivity contribution in [2.45, 2.75) is 13.8 Å². The number of aromatic hydroxyl groups is 1. The summed E-state index contributed by atoms with van der Waals surface area (Å²) in [6.45, 7) is 4.09. The number of carbonyl (C=O) groups excluding carboxylic acids is 1. The van der Waals surface area contributed by atoms with Crippen molar-refractivity contribution in [1.82, 2.24) is 9.99 Å². The monoisotopic (exact) mass is 489 g/mol. The molecule has 2 N–H and O–H groups in total. The molecule has 1 aromatic heterocycles. The molecule has 1 amide bonds. The number of hydrazone groups is 1. The number of phenols is 1. The van der Waals surface area contributed by atoms with E-state index in [-0.39, 0.29) is 11.7 Å². The number of nitrogens with zero attached hydrogens (tertiary/aromatic N) is 2. The third kappa shape index (κ3) is 4.31. The van der Waals surface area contributed by atoms with E-state index in [1.54, 1.807) is 24.3 Å². The second-order valence-electron chi connectivity index (χ2n) is 6.03. The van der Waals surface area contributed by atoms with Crippen LogP contribution < -0.4 is 5.43 Å². The number of halogens is 2. The number of amides is 1. The van der Waals surface area contributed by atoms with Crippen molar-refractivity contribution in [2.75, 3.05) is 0 Å². The maximum Gasteiger partial charge on any atom is 0.271 e. The van der Waals surface area contributed by atoms with E-state index in [0.717, 1.165) is 22.6 Å². The van der Waals surface area contributed by atoms with Crippen molar-refractivity contribution >= 4 is 44.0 Å². The predicted octanol–water partition coefficient (Wildman–Crippen LogP) is 5.09. The quantitative estimate of drug-likeness (QED) is 0.395. The fourth-order valence-corrected chi connectivity index (χ4v) is 3.95. The fourth-order valence-electron chi connectivity index (χ4n) is 2.73. The van der Waals surface area contributed by atoms with Crippen LogP contribution in [0.4, 0.5) is 0 Å². The molecule has 3 rings (SSSR count). The first-order valence-corrected chi connectivity index (χ1v) is 9.72. The molecule has 5 nitrogen and oxygen atoms in total. The summed E-state index contributed by atoms with van der Waals surface area (Å²) >= 11 is 6.51. The number of aryl methyl sites for hydroxylation is 2. The van der Waals surface area contributed by atoms with Crippen LogP contribution >= 0.6 is 31.9 Å². The van der Waals surface area contributed by atoms with Crippen molar-refractivity contribution in [3.05, 3.63) is 80.0 Å². The third-order valence-corrected chi connectivity index (χ3v) is 5.29. The Morgan fingerprint density at radius 3 is 2.15 bits per heavy atom. The summed E-state index contributed by atoms with van der Waals surface area (Å²) < 4.78 is 3.20. The van der Waals surface area contributed by atoms with E-state index in [2.05, 4.69) is 59.1 Å². The van der Waals surface area contributed by atoms with Gasteiger partial charge in [0.1, 0.15) is 5.75 Å². The lowest BCUT2D eigenvalue weighted by Crippen LogP contribution is -2.17. The van der Waals surface area contributed by atoms with E-state index in [1.165, 1.54) is 6.21 Å². The minimum atomic E-state index is -0.296. The van der Waals surface area contributed by atoms with Crippen LogP contribution in [0.15, 0.2) is 62.6 Å². The van der Waals surface area contributed by atoms with Crippen molar-refractivity contribution in [3.63, 3.8) is 0 Å². The summed E-state index contributed by atoms with van der Waals surface area (Å²) in [7, 11) is 0. The number of nitrogens with one attached hydrogen (secondary N) is 1. The number of aromatic nitrogens is 1. The van der Waals surface area contributed by atoms with Gasteiger partial charge in [0.25, 0.3) is 5.91 Å². The van der Waals surface area contributed by atoms with Crippen LogP contribution in [-0.4, -0.2) is 21.8 Å². The van der Waals surface area contributed by atoms with Gasteiger partial charge in [-0.3, -0.25) is 4.79 Å². The standard InChI is InChI=1S/C20H17Br2N3O2/c1-12-3-4-13(2)25(12)16-7-5-15(6-8-16)20(27)24-23-11-14-9-17(21)19(26)18(22)10-14/h3-11,26H,1-2H3,(H,24,27)/b23-11+. The van der Waals surface area contributed by atoms with Gasteiger partial charge in [0.05, 0.1) is 15.2 Å². The van der Waals surface area contributed by atoms with Crippen LogP contribution in [0.5, 0.6) is 5.75 Å². The molecular formula is C20H17Br2N3O2. The van der Waals surface area contributed by atoms with Crippen LogP contribution in [0.2, 0.25) is 0 Å². The van der Waals surface area contributed by atoms with Crippen LogP contribution in [0.3, 0.4) is 0 Å². The largest absolute Gasteiger partial charge is 0.506 e. The second kappa shape index (κ2) is 8.10. The highest BCUT2D eigenvalue weighted by molar-refractivity contribution is 9.11. The maximum absolute atomic E-state index is 12.3. The molecular weight excluding hydrogens is 474 g/mol. The molecule has 0 saturated carbocycles. The van der Waals surface area contributed by atoms with E-state index in [4.69, 9.17) is 0 Å². The van der Waals surface area contributed by atoms with E-state index in [0.29, 0.717) is 14.5 Å². The van der Waals surface area contributed by atoms with Crippen molar-refractivity contribution in [2.24, 2.45) is 5.10 Å². The van der Waals surface area contributed by atoms with Gasteiger partial charge in [0.15, 0.2) is 0 Å². The number of benzene rings is 2. The first kappa shape index (κ1) is 19.4. The highest BCUT2D eigenvalue weighted by atomic mass is 79.9. The molecule has 0 atom stereocenters. The minimum absolute atomic E-state index is 0.115. The molecule has 0 bridgehead atoms. The van der Waals surface area contributed by atoms with Crippen LogP contribution in [-0.2, 0) is 0 Å². The first-order valence-electron chi connectivity index (χ1n) is 8.13. The van der Waals surface area contributed by atoms with Crippen LogP contribution in [0, 0.1) is 13.8 Å². The summed E-state index contributed by atoms with van der Waals surface area (Å²) in [4.78, 5) is 12.3. The summed E-state index contributed by atoms with van der Waals surface area (Å²) in [6.07, 6.45) is 1.51. The summed E-state index contributed by atoms with van der Waals surface area (Å²) in [5.41, 5.74) is 7.04. The zero-order valence-electron chi connectivity index (χ0n) is 14.7. The molecule has 0 fully saturated rings. The number of rotatable bonds is 4. The molecule has 0 radical (unpaired) electrons.